The van der Waals surface area contributed by atoms with E-state index in [0.29, 0.717) is 11.4 Å². The average Bonchev–Trinajstić information content (AvgIpc) is 2.37. The number of hydrogen-bond acceptors (Lipinski definition) is 4. The summed E-state index contributed by atoms with van der Waals surface area (Å²) in [5.74, 6) is 0. The maximum absolute atomic E-state index is 11.8. The van der Waals surface area contributed by atoms with Crippen LogP contribution in [0.15, 0.2) is 29.2 Å². The lowest BCUT2D eigenvalue weighted by Gasteiger charge is -2.08. The number of anilines is 1. The van der Waals surface area contributed by atoms with E-state index in [9.17, 15) is 8.42 Å². The molecule has 0 bridgehead atoms. The molecule has 0 fully saturated rings. The van der Waals surface area contributed by atoms with Gasteiger partial charge < -0.3 is 10.6 Å². The first-order chi connectivity index (χ1) is 8.60. The molecule has 0 amide bonds. The third kappa shape index (κ3) is 4.64. The van der Waals surface area contributed by atoms with Gasteiger partial charge in [0.25, 0.3) is 0 Å². The predicted molar refractivity (Wildman–Crippen MR) is 74.3 cm³/mol. The van der Waals surface area contributed by atoms with Crippen LogP contribution < -0.4 is 15.4 Å². The summed E-state index contributed by atoms with van der Waals surface area (Å²) in [6.45, 7) is 4.05. The third-order valence-corrected chi connectivity index (χ3v) is 3.89. The lowest BCUT2D eigenvalue weighted by atomic mass is 10.3. The van der Waals surface area contributed by atoms with Crippen molar-refractivity contribution in [1.82, 2.24) is 10.0 Å². The molecular weight excluding hydrogens is 250 g/mol. The van der Waals surface area contributed by atoms with E-state index in [2.05, 4.69) is 15.4 Å². The van der Waals surface area contributed by atoms with Crippen LogP contribution >= 0.6 is 0 Å². The molecule has 18 heavy (non-hydrogen) atoms. The number of sulfonamides is 1. The Morgan fingerprint density at radius 3 is 2.28 bits per heavy atom. The fraction of sp³-hybridized carbons (Fsp3) is 0.500. The molecule has 0 heterocycles. The van der Waals surface area contributed by atoms with Gasteiger partial charge in [0, 0.05) is 25.3 Å². The highest BCUT2D eigenvalue weighted by atomic mass is 32.2. The maximum atomic E-state index is 11.8. The standard InChI is InChI=1S/C12H21N3O2S/c1-3-8-15-18(16,17)12-6-4-11(5-7-12)14-10-9-13-2/h4-7,13-15H,3,8-10H2,1-2H3. The van der Waals surface area contributed by atoms with Crippen molar-refractivity contribution in [3.63, 3.8) is 0 Å². The lowest BCUT2D eigenvalue weighted by Crippen LogP contribution is -2.24. The van der Waals surface area contributed by atoms with Crippen LogP contribution in [0.5, 0.6) is 0 Å². The molecule has 0 unspecified atom stereocenters. The van der Waals surface area contributed by atoms with Gasteiger partial charge in [-0.1, -0.05) is 6.92 Å². The topological polar surface area (TPSA) is 70.2 Å². The SMILES string of the molecule is CCCNS(=O)(=O)c1ccc(NCCNC)cc1. The van der Waals surface area contributed by atoms with Crippen LogP contribution in [-0.2, 0) is 10.0 Å². The molecule has 0 saturated carbocycles. The van der Waals surface area contributed by atoms with Gasteiger partial charge in [-0.2, -0.15) is 0 Å². The van der Waals surface area contributed by atoms with Gasteiger partial charge in [-0.05, 0) is 37.7 Å². The van der Waals surface area contributed by atoms with Gasteiger partial charge in [-0.15, -0.1) is 0 Å². The molecule has 102 valence electrons. The van der Waals surface area contributed by atoms with Crippen molar-refractivity contribution < 1.29 is 8.42 Å². The van der Waals surface area contributed by atoms with Crippen molar-refractivity contribution >= 4 is 15.7 Å². The fourth-order valence-electron chi connectivity index (χ4n) is 1.40. The van der Waals surface area contributed by atoms with Gasteiger partial charge in [-0.3, -0.25) is 0 Å². The molecule has 3 N–H and O–H groups in total. The normalized spacial score (nSPS) is 11.4. The van der Waals surface area contributed by atoms with E-state index in [0.717, 1.165) is 25.2 Å². The molecule has 0 spiro atoms. The number of rotatable bonds is 8. The van der Waals surface area contributed by atoms with Crippen molar-refractivity contribution in [2.24, 2.45) is 0 Å². The van der Waals surface area contributed by atoms with Gasteiger partial charge in [0.1, 0.15) is 0 Å². The minimum Gasteiger partial charge on any atom is -0.384 e. The summed E-state index contributed by atoms with van der Waals surface area (Å²) in [7, 11) is -1.47. The van der Waals surface area contributed by atoms with Crippen molar-refractivity contribution in [3.8, 4) is 0 Å². The third-order valence-electron chi connectivity index (χ3n) is 2.41. The van der Waals surface area contributed by atoms with E-state index in [1.807, 2.05) is 14.0 Å². The van der Waals surface area contributed by atoms with Gasteiger partial charge >= 0.3 is 0 Å². The minimum absolute atomic E-state index is 0.301. The Morgan fingerprint density at radius 2 is 1.72 bits per heavy atom. The van der Waals surface area contributed by atoms with Gasteiger partial charge in [0.2, 0.25) is 10.0 Å². The number of benzene rings is 1. The Morgan fingerprint density at radius 1 is 1.06 bits per heavy atom. The zero-order chi connectivity index (χ0) is 13.4. The van der Waals surface area contributed by atoms with E-state index in [1.165, 1.54) is 0 Å². The lowest BCUT2D eigenvalue weighted by molar-refractivity contribution is 0.581. The van der Waals surface area contributed by atoms with E-state index in [-0.39, 0.29) is 0 Å². The second kappa shape index (κ2) is 7.35. The molecule has 0 aliphatic heterocycles. The molecule has 0 aliphatic rings. The molecule has 0 aromatic heterocycles. The summed E-state index contributed by atoms with van der Waals surface area (Å²) >= 11 is 0. The summed E-state index contributed by atoms with van der Waals surface area (Å²) in [4.78, 5) is 0.301. The summed E-state index contributed by atoms with van der Waals surface area (Å²) in [5, 5.41) is 6.22. The maximum Gasteiger partial charge on any atom is 0.240 e. The van der Waals surface area contributed by atoms with Crippen LogP contribution in [0.3, 0.4) is 0 Å². The second-order valence-corrected chi connectivity index (χ2v) is 5.72. The summed E-state index contributed by atoms with van der Waals surface area (Å²) < 4.78 is 26.2. The second-order valence-electron chi connectivity index (χ2n) is 3.95. The van der Waals surface area contributed by atoms with Crippen molar-refractivity contribution in [3.05, 3.63) is 24.3 Å². The minimum atomic E-state index is -3.35. The van der Waals surface area contributed by atoms with Crippen molar-refractivity contribution in [1.29, 1.82) is 0 Å². The zero-order valence-electron chi connectivity index (χ0n) is 10.9. The molecule has 6 heteroatoms. The largest absolute Gasteiger partial charge is 0.384 e. The van der Waals surface area contributed by atoms with Crippen LogP contribution in [0.2, 0.25) is 0 Å². The van der Waals surface area contributed by atoms with Gasteiger partial charge in [0.15, 0.2) is 0 Å². The van der Waals surface area contributed by atoms with Crippen LogP contribution in [0.4, 0.5) is 5.69 Å². The Balaban J connectivity index is 2.64. The first-order valence-electron chi connectivity index (χ1n) is 6.08. The molecule has 0 atom stereocenters. The van der Waals surface area contributed by atoms with Gasteiger partial charge in [0.05, 0.1) is 4.90 Å². The molecule has 1 aromatic carbocycles. The Kier molecular flexibility index (Phi) is 6.11. The zero-order valence-corrected chi connectivity index (χ0v) is 11.7. The Bertz CT molecular complexity index is 443. The highest BCUT2D eigenvalue weighted by Gasteiger charge is 2.12. The Labute approximate surface area is 109 Å². The summed E-state index contributed by atoms with van der Waals surface area (Å²) in [6, 6.07) is 6.77. The summed E-state index contributed by atoms with van der Waals surface area (Å²) in [5.41, 5.74) is 0.916. The molecule has 5 nitrogen and oxygen atoms in total. The highest BCUT2D eigenvalue weighted by molar-refractivity contribution is 7.89. The molecular formula is C12H21N3O2S. The number of hydrogen-bond donors (Lipinski definition) is 3. The average molecular weight is 271 g/mol. The molecule has 1 aromatic rings. The number of likely N-dealkylation sites (N-methyl/N-ethyl adjacent to an activating group) is 1. The summed E-state index contributed by atoms with van der Waals surface area (Å²) in [6.07, 6.45) is 0.781. The first-order valence-corrected chi connectivity index (χ1v) is 7.56. The Hall–Kier alpha value is -1.11. The van der Waals surface area contributed by atoms with E-state index in [4.69, 9.17) is 0 Å². The van der Waals surface area contributed by atoms with Crippen LogP contribution in [0, 0.1) is 0 Å². The van der Waals surface area contributed by atoms with Crippen LogP contribution in [-0.4, -0.2) is 35.1 Å². The van der Waals surface area contributed by atoms with Crippen molar-refractivity contribution in [2.45, 2.75) is 18.2 Å². The highest BCUT2D eigenvalue weighted by Crippen LogP contribution is 2.13. The molecule has 1 rings (SSSR count). The quantitative estimate of drug-likeness (QED) is 0.617. The molecule has 0 aliphatic carbocycles. The van der Waals surface area contributed by atoms with Gasteiger partial charge in [-0.25, -0.2) is 13.1 Å². The van der Waals surface area contributed by atoms with Crippen molar-refractivity contribution in [2.75, 3.05) is 32.0 Å². The van der Waals surface area contributed by atoms with E-state index in [1.54, 1.807) is 24.3 Å². The van der Waals surface area contributed by atoms with Crippen LogP contribution in [0.1, 0.15) is 13.3 Å². The van der Waals surface area contributed by atoms with Crippen LogP contribution in [0.25, 0.3) is 0 Å². The smallest absolute Gasteiger partial charge is 0.240 e. The van der Waals surface area contributed by atoms with E-state index < -0.39 is 10.0 Å². The molecule has 0 radical (unpaired) electrons. The fourth-order valence-corrected chi connectivity index (χ4v) is 2.54. The molecule has 0 saturated heterocycles. The first kappa shape index (κ1) is 14.9. The number of nitrogens with one attached hydrogen (secondary N) is 3. The van der Waals surface area contributed by atoms with E-state index >= 15 is 0 Å². The predicted octanol–water partition coefficient (Wildman–Crippen LogP) is 1.01. The monoisotopic (exact) mass is 271 g/mol.